The van der Waals surface area contributed by atoms with Crippen molar-refractivity contribution in [2.45, 2.75) is 42.9 Å². The van der Waals surface area contributed by atoms with E-state index in [0.29, 0.717) is 18.1 Å². The minimum absolute atomic E-state index is 0.408. The zero-order valence-corrected chi connectivity index (χ0v) is 22.1. The molecule has 34 heavy (non-hydrogen) atoms. The van der Waals surface area contributed by atoms with Gasteiger partial charge in [-0.25, -0.2) is 4.79 Å². The highest BCUT2D eigenvalue weighted by Crippen LogP contribution is 2.39. The van der Waals surface area contributed by atoms with Crippen molar-refractivity contribution in [3.63, 3.8) is 0 Å². The Kier molecular flexibility index (Phi) is 8.21. The van der Waals surface area contributed by atoms with Crippen molar-refractivity contribution < 1.29 is 19.4 Å². The first-order valence-corrected chi connectivity index (χ1v) is 13.2. The van der Waals surface area contributed by atoms with Crippen molar-refractivity contribution in [2.75, 3.05) is 6.61 Å². The van der Waals surface area contributed by atoms with Crippen LogP contribution in [0.25, 0.3) is 5.57 Å². The molecule has 0 saturated heterocycles. The molecule has 1 aliphatic rings. The number of rotatable bonds is 10. The molecule has 1 fully saturated rings. The maximum absolute atomic E-state index is 11.1. The molecule has 0 amide bonds. The molecule has 1 N–H and O–H groups in total. The van der Waals surface area contributed by atoms with Crippen LogP contribution >= 0.6 is 34.4 Å². The zero-order chi connectivity index (χ0) is 24.1. The van der Waals surface area contributed by atoms with Gasteiger partial charge >= 0.3 is 5.97 Å². The van der Waals surface area contributed by atoms with Crippen LogP contribution in [-0.4, -0.2) is 29.0 Å². The highest BCUT2D eigenvalue weighted by molar-refractivity contribution is 14.1. The normalized spacial score (nSPS) is 14.5. The Bertz CT molecular complexity index is 1170. The zero-order valence-electron chi connectivity index (χ0n) is 19.2. The number of aliphatic carboxylic acids is 1. The van der Waals surface area contributed by atoms with Gasteiger partial charge in [-0.1, -0.05) is 24.3 Å². The summed E-state index contributed by atoms with van der Waals surface area (Å²) in [6, 6.07) is 22.7. The van der Waals surface area contributed by atoms with Crippen molar-refractivity contribution >= 4 is 45.9 Å². The first kappa shape index (κ1) is 24.7. The Hall–Kier alpha value is -2.45. The van der Waals surface area contributed by atoms with Crippen molar-refractivity contribution in [1.29, 1.82) is 0 Å². The number of carboxylic acid groups (broad SMARTS) is 1. The van der Waals surface area contributed by atoms with E-state index < -0.39 is 12.1 Å². The standard InChI is InChI=1S/C28H27IO4S/c1-18-17-23(9-14-27(18)33-19(2)28(30)31)32-16-15-26(20-3-7-22(29)8-4-20)21-5-10-24(11-6-21)34-25-12-13-25/h3-11,14-15,17,19,25H,12-13,16H2,1-2H3,(H,30,31). The summed E-state index contributed by atoms with van der Waals surface area (Å²) >= 11 is 4.28. The Morgan fingerprint density at radius 1 is 1.09 bits per heavy atom. The number of carboxylic acids is 1. The van der Waals surface area contributed by atoms with Crippen LogP contribution in [0.5, 0.6) is 11.5 Å². The highest BCUT2D eigenvalue weighted by Gasteiger charge is 2.22. The fourth-order valence-electron chi connectivity index (χ4n) is 3.43. The van der Waals surface area contributed by atoms with Gasteiger partial charge in [0.25, 0.3) is 0 Å². The quantitative estimate of drug-likeness (QED) is 0.255. The van der Waals surface area contributed by atoms with Crippen LogP contribution in [0.4, 0.5) is 0 Å². The van der Waals surface area contributed by atoms with E-state index >= 15 is 0 Å². The molecule has 3 aromatic carbocycles. The number of carbonyl (C=O) groups is 1. The molecule has 176 valence electrons. The molecule has 1 saturated carbocycles. The van der Waals surface area contributed by atoms with E-state index in [2.05, 4.69) is 77.2 Å². The third kappa shape index (κ3) is 6.79. The average Bonchev–Trinajstić information content (AvgIpc) is 3.64. The molecule has 0 aliphatic heterocycles. The highest BCUT2D eigenvalue weighted by atomic mass is 127. The van der Waals surface area contributed by atoms with E-state index in [0.717, 1.165) is 27.5 Å². The second kappa shape index (κ2) is 11.3. The van der Waals surface area contributed by atoms with Crippen LogP contribution < -0.4 is 9.47 Å². The Morgan fingerprint density at radius 3 is 2.32 bits per heavy atom. The SMILES string of the molecule is Cc1cc(OCC=C(c2ccc(I)cc2)c2ccc(SC3CC3)cc2)ccc1OC(C)C(=O)O. The molecule has 0 radical (unpaired) electrons. The van der Waals surface area contributed by atoms with Gasteiger partial charge in [-0.2, -0.15) is 0 Å². The molecule has 4 rings (SSSR count). The number of thioether (sulfide) groups is 1. The fraction of sp³-hybridized carbons (Fsp3) is 0.250. The maximum atomic E-state index is 11.1. The minimum atomic E-state index is -0.993. The second-order valence-electron chi connectivity index (χ2n) is 8.30. The lowest BCUT2D eigenvalue weighted by Crippen LogP contribution is -2.23. The number of aryl methyl sites for hydroxylation is 1. The van der Waals surface area contributed by atoms with E-state index in [-0.39, 0.29) is 0 Å². The summed E-state index contributed by atoms with van der Waals surface area (Å²) in [5.41, 5.74) is 4.27. The number of benzene rings is 3. The Balaban J connectivity index is 1.49. The number of hydrogen-bond acceptors (Lipinski definition) is 4. The van der Waals surface area contributed by atoms with Crippen LogP contribution in [-0.2, 0) is 4.79 Å². The van der Waals surface area contributed by atoms with Gasteiger partial charge in [0.15, 0.2) is 6.10 Å². The topological polar surface area (TPSA) is 55.8 Å². The van der Waals surface area contributed by atoms with Gasteiger partial charge < -0.3 is 14.6 Å². The summed E-state index contributed by atoms with van der Waals surface area (Å²) < 4.78 is 12.7. The van der Waals surface area contributed by atoms with E-state index in [9.17, 15) is 4.79 Å². The second-order valence-corrected chi connectivity index (χ2v) is 10.9. The van der Waals surface area contributed by atoms with Crippen LogP contribution in [0.2, 0.25) is 0 Å². The lowest BCUT2D eigenvalue weighted by molar-refractivity contribution is -0.144. The van der Waals surface area contributed by atoms with Crippen LogP contribution in [0, 0.1) is 10.5 Å². The third-order valence-electron chi connectivity index (χ3n) is 5.48. The molecule has 1 aliphatic carbocycles. The van der Waals surface area contributed by atoms with E-state index in [1.54, 1.807) is 12.1 Å². The third-order valence-corrected chi connectivity index (χ3v) is 7.55. The van der Waals surface area contributed by atoms with Crippen LogP contribution in [0.15, 0.2) is 77.7 Å². The predicted molar refractivity (Wildman–Crippen MR) is 146 cm³/mol. The summed E-state index contributed by atoms with van der Waals surface area (Å²) in [5, 5.41) is 9.85. The molecule has 3 aromatic rings. The lowest BCUT2D eigenvalue weighted by atomic mass is 9.98. The van der Waals surface area contributed by atoms with Gasteiger partial charge in [-0.15, -0.1) is 11.8 Å². The number of ether oxygens (including phenoxy) is 2. The van der Waals surface area contributed by atoms with Gasteiger partial charge in [0.2, 0.25) is 0 Å². The Labute approximate surface area is 218 Å². The van der Waals surface area contributed by atoms with E-state index in [1.807, 2.05) is 24.8 Å². The molecule has 4 nitrogen and oxygen atoms in total. The van der Waals surface area contributed by atoms with Crippen molar-refractivity contribution in [1.82, 2.24) is 0 Å². The molecule has 0 spiro atoms. The van der Waals surface area contributed by atoms with Crippen molar-refractivity contribution in [3.05, 3.63) is 93.1 Å². The predicted octanol–water partition coefficient (Wildman–Crippen LogP) is 7.22. The fourth-order valence-corrected chi connectivity index (χ4v) is 4.84. The van der Waals surface area contributed by atoms with Crippen LogP contribution in [0.3, 0.4) is 0 Å². The minimum Gasteiger partial charge on any atom is -0.489 e. The molecule has 0 aromatic heterocycles. The molecule has 0 heterocycles. The maximum Gasteiger partial charge on any atom is 0.344 e. The monoisotopic (exact) mass is 586 g/mol. The summed E-state index contributed by atoms with van der Waals surface area (Å²) in [4.78, 5) is 12.4. The lowest BCUT2D eigenvalue weighted by Gasteiger charge is -2.14. The number of hydrogen-bond donors (Lipinski definition) is 1. The molecular weight excluding hydrogens is 559 g/mol. The largest absolute Gasteiger partial charge is 0.489 e. The van der Waals surface area contributed by atoms with Crippen molar-refractivity contribution in [2.24, 2.45) is 0 Å². The summed E-state index contributed by atoms with van der Waals surface area (Å²) in [6.45, 7) is 3.80. The molecular formula is C28H27IO4S. The van der Waals surface area contributed by atoms with Crippen LogP contribution in [0.1, 0.15) is 36.5 Å². The summed E-state index contributed by atoms with van der Waals surface area (Å²) in [5.74, 6) is 0.260. The van der Waals surface area contributed by atoms with Gasteiger partial charge in [0.1, 0.15) is 18.1 Å². The Morgan fingerprint density at radius 2 is 1.74 bits per heavy atom. The summed E-state index contributed by atoms with van der Waals surface area (Å²) in [7, 11) is 0. The molecule has 6 heteroatoms. The molecule has 1 unspecified atom stereocenters. The van der Waals surface area contributed by atoms with Gasteiger partial charge in [0.05, 0.1) is 0 Å². The average molecular weight is 586 g/mol. The van der Waals surface area contributed by atoms with Gasteiger partial charge in [-0.3, -0.25) is 0 Å². The number of halogens is 1. The molecule has 1 atom stereocenters. The van der Waals surface area contributed by atoms with Crippen molar-refractivity contribution in [3.8, 4) is 11.5 Å². The van der Waals surface area contributed by atoms with E-state index in [4.69, 9.17) is 14.6 Å². The van der Waals surface area contributed by atoms with Gasteiger partial charge in [-0.05, 0) is 120 Å². The smallest absolute Gasteiger partial charge is 0.344 e. The van der Waals surface area contributed by atoms with E-state index in [1.165, 1.54) is 28.2 Å². The summed E-state index contributed by atoms with van der Waals surface area (Å²) in [6.07, 6.45) is 3.85. The first-order valence-electron chi connectivity index (χ1n) is 11.2. The van der Waals surface area contributed by atoms with Gasteiger partial charge in [0, 0.05) is 13.7 Å². The first-order chi connectivity index (χ1) is 16.4. The molecule has 0 bridgehead atoms.